The van der Waals surface area contributed by atoms with E-state index in [-0.39, 0.29) is 30.9 Å². The topological polar surface area (TPSA) is 82.8 Å². The first-order valence-electron chi connectivity index (χ1n) is 5.24. The molecule has 1 unspecified atom stereocenters. The van der Waals surface area contributed by atoms with Crippen LogP contribution in [-0.2, 0) is 4.79 Å². The number of carbonyl (C=O) groups excluding carboxylic acids is 2. The number of aliphatic hydroxyl groups excluding tert-OH is 1. The average Bonchev–Trinajstić information content (AvgIpc) is 2.87. The Bertz CT molecular complexity index is 375. The second-order valence-corrected chi connectivity index (χ2v) is 3.70. The first-order chi connectivity index (χ1) is 8.06. The molecule has 0 fully saturated rings. The molecule has 0 aliphatic heterocycles. The van der Waals surface area contributed by atoms with Gasteiger partial charge >= 0.3 is 0 Å². The smallest absolute Gasteiger partial charge is 0.287 e. The van der Waals surface area contributed by atoms with E-state index < -0.39 is 5.91 Å². The Hall–Kier alpha value is -1.82. The number of aliphatic hydroxyl groups is 1. The molecule has 0 radical (unpaired) electrons. The minimum atomic E-state index is -0.437. The summed E-state index contributed by atoms with van der Waals surface area (Å²) in [7, 11) is 1.57. The van der Waals surface area contributed by atoms with Crippen molar-refractivity contribution in [2.24, 2.45) is 0 Å². The maximum atomic E-state index is 11.6. The van der Waals surface area contributed by atoms with E-state index in [2.05, 4.69) is 5.32 Å². The van der Waals surface area contributed by atoms with Gasteiger partial charge in [-0.05, 0) is 19.1 Å². The van der Waals surface area contributed by atoms with E-state index in [4.69, 9.17) is 9.52 Å². The fraction of sp³-hybridized carbons (Fsp3) is 0.455. The second-order valence-electron chi connectivity index (χ2n) is 3.70. The molecule has 17 heavy (non-hydrogen) atoms. The highest BCUT2D eigenvalue weighted by molar-refractivity contribution is 5.94. The van der Waals surface area contributed by atoms with Crippen molar-refractivity contribution in [3.8, 4) is 0 Å². The Labute approximate surface area is 99.2 Å². The Morgan fingerprint density at radius 1 is 1.59 bits per heavy atom. The lowest BCUT2D eigenvalue weighted by Crippen LogP contribution is -2.43. The molecule has 0 aromatic carbocycles. The van der Waals surface area contributed by atoms with Crippen LogP contribution in [0.15, 0.2) is 22.8 Å². The van der Waals surface area contributed by atoms with E-state index in [1.807, 2.05) is 0 Å². The standard InChI is InChI=1S/C11H16N2O4/c1-8(7-14)13(2)10(15)6-12-11(16)9-4-3-5-17-9/h3-5,8,14H,6-7H2,1-2H3,(H,12,16). The second kappa shape index (κ2) is 6.05. The molecule has 1 rings (SSSR count). The van der Waals surface area contributed by atoms with E-state index in [0.29, 0.717) is 0 Å². The highest BCUT2D eigenvalue weighted by Crippen LogP contribution is 1.99. The molecule has 2 amide bonds. The van der Waals surface area contributed by atoms with Gasteiger partial charge in [-0.2, -0.15) is 0 Å². The van der Waals surface area contributed by atoms with Crippen LogP contribution in [0.5, 0.6) is 0 Å². The zero-order chi connectivity index (χ0) is 12.8. The summed E-state index contributed by atoms with van der Waals surface area (Å²) in [5.41, 5.74) is 0. The molecule has 1 aromatic rings. The van der Waals surface area contributed by atoms with Crippen LogP contribution in [0, 0.1) is 0 Å². The number of nitrogens with one attached hydrogen (secondary N) is 1. The molecular formula is C11H16N2O4. The highest BCUT2D eigenvalue weighted by atomic mass is 16.3. The number of likely N-dealkylation sites (N-methyl/N-ethyl adjacent to an activating group) is 1. The lowest BCUT2D eigenvalue weighted by molar-refractivity contribution is -0.131. The molecule has 6 heteroatoms. The summed E-state index contributed by atoms with van der Waals surface area (Å²) in [6, 6.07) is 2.83. The highest BCUT2D eigenvalue weighted by Gasteiger charge is 2.16. The summed E-state index contributed by atoms with van der Waals surface area (Å²) in [5, 5.41) is 11.3. The molecule has 0 aliphatic carbocycles. The maximum Gasteiger partial charge on any atom is 0.287 e. The van der Waals surface area contributed by atoms with Gasteiger partial charge in [0.25, 0.3) is 5.91 Å². The first kappa shape index (κ1) is 13.2. The van der Waals surface area contributed by atoms with Gasteiger partial charge in [-0.3, -0.25) is 9.59 Å². The van der Waals surface area contributed by atoms with Crippen LogP contribution in [0.1, 0.15) is 17.5 Å². The SMILES string of the molecule is CC(CO)N(C)C(=O)CNC(=O)c1ccco1. The van der Waals surface area contributed by atoms with E-state index in [0.717, 1.165) is 0 Å². The Balaban J connectivity index is 2.41. The van der Waals surface area contributed by atoms with Crippen molar-refractivity contribution in [1.82, 2.24) is 10.2 Å². The molecule has 0 aliphatic rings. The summed E-state index contributed by atoms with van der Waals surface area (Å²) >= 11 is 0. The van der Waals surface area contributed by atoms with Crippen molar-refractivity contribution in [1.29, 1.82) is 0 Å². The lowest BCUT2D eigenvalue weighted by atomic mass is 10.3. The average molecular weight is 240 g/mol. The fourth-order valence-electron chi connectivity index (χ4n) is 1.14. The van der Waals surface area contributed by atoms with Gasteiger partial charge in [0.1, 0.15) is 0 Å². The molecule has 1 atom stereocenters. The molecule has 0 saturated carbocycles. The molecule has 2 N–H and O–H groups in total. The monoisotopic (exact) mass is 240 g/mol. The predicted octanol–water partition coefficient (Wildman–Crippen LogP) is -0.151. The Kier molecular flexibility index (Phi) is 4.71. The number of carbonyl (C=O) groups is 2. The molecule has 0 bridgehead atoms. The molecular weight excluding hydrogens is 224 g/mol. The molecule has 94 valence electrons. The van der Waals surface area contributed by atoms with Crippen molar-refractivity contribution in [2.75, 3.05) is 20.2 Å². The molecule has 0 saturated heterocycles. The predicted molar refractivity (Wildman–Crippen MR) is 60.4 cm³/mol. The minimum absolute atomic E-state index is 0.117. The van der Waals surface area contributed by atoms with E-state index >= 15 is 0 Å². The quantitative estimate of drug-likeness (QED) is 0.749. The first-order valence-corrected chi connectivity index (χ1v) is 5.24. The molecule has 1 aromatic heterocycles. The Morgan fingerprint density at radius 3 is 2.82 bits per heavy atom. The summed E-state index contributed by atoms with van der Waals surface area (Å²) in [6.45, 7) is 1.47. The number of amides is 2. The summed E-state index contributed by atoms with van der Waals surface area (Å²) in [6.07, 6.45) is 1.39. The van der Waals surface area contributed by atoms with Crippen LogP contribution >= 0.6 is 0 Å². The van der Waals surface area contributed by atoms with Crippen molar-refractivity contribution in [3.05, 3.63) is 24.2 Å². The van der Waals surface area contributed by atoms with E-state index in [9.17, 15) is 9.59 Å². The van der Waals surface area contributed by atoms with Gasteiger partial charge in [-0.25, -0.2) is 0 Å². The van der Waals surface area contributed by atoms with Gasteiger partial charge in [0.15, 0.2) is 5.76 Å². The largest absolute Gasteiger partial charge is 0.459 e. The van der Waals surface area contributed by atoms with Gasteiger partial charge in [0.05, 0.1) is 25.5 Å². The van der Waals surface area contributed by atoms with Gasteiger partial charge in [0, 0.05) is 7.05 Å². The normalized spacial score (nSPS) is 11.9. The van der Waals surface area contributed by atoms with Gasteiger partial charge in [-0.1, -0.05) is 0 Å². The summed E-state index contributed by atoms with van der Waals surface area (Å²) in [5.74, 6) is -0.546. The molecule has 0 spiro atoms. The van der Waals surface area contributed by atoms with Gasteiger partial charge in [-0.15, -0.1) is 0 Å². The van der Waals surface area contributed by atoms with Crippen molar-refractivity contribution >= 4 is 11.8 Å². The zero-order valence-electron chi connectivity index (χ0n) is 9.84. The van der Waals surface area contributed by atoms with Gasteiger partial charge < -0.3 is 19.7 Å². The molecule has 1 heterocycles. The molecule has 6 nitrogen and oxygen atoms in total. The summed E-state index contributed by atoms with van der Waals surface area (Å²) in [4.78, 5) is 24.4. The number of hydrogen-bond donors (Lipinski definition) is 2. The number of nitrogens with zero attached hydrogens (tertiary/aromatic N) is 1. The van der Waals surface area contributed by atoms with E-state index in [1.165, 1.54) is 17.2 Å². The van der Waals surface area contributed by atoms with Crippen LogP contribution in [-0.4, -0.2) is 48.1 Å². The van der Waals surface area contributed by atoms with Crippen LogP contribution in [0.3, 0.4) is 0 Å². The fourth-order valence-corrected chi connectivity index (χ4v) is 1.14. The third-order valence-electron chi connectivity index (χ3n) is 2.46. The van der Waals surface area contributed by atoms with Crippen molar-refractivity contribution < 1.29 is 19.1 Å². The van der Waals surface area contributed by atoms with Crippen molar-refractivity contribution in [3.63, 3.8) is 0 Å². The van der Waals surface area contributed by atoms with E-state index in [1.54, 1.807) is 20.0 Å². The lowest BCUT2D eigenvalue weighted by Gasteiger charge is -2.23. The van der Waals surface area contributed by atoms with Crippen LogP contribution < -0.4 is 5.32 Å². The maximum absolute atomic E-state index is 11.6. The van der Waals surface area contributed by atoms with Crippen LogP contribution in [0.2, 0.25) is 0 Å². The third-order valence-corrected chi connectivity index (χ3v) is 2.46. The van der Waals surface area contributed by atoms with Crippen LogP contribution in [0.25, 0.3) is 0 Å². The van der Waals surface area contributed by atoms with Crippen LogP contribution in [0.4, 0.5) is 0 Å². The van der Waals surface area contributed by atoms with Crippen molar-refractivity contribution in [2.45, 2.75) is 13.0 Å². The van der Waals surface area contributed by atoms with Gasteiger partial charge in [0.2, 0.25) is 5.91 Å². The number of rotatable bonds is 5. The summed E-state index contributed by atoms with van der Waals surface area (Å²) < 4.78 is 4.88. The number of furan rings is 1. The number of hydrogen-bond acceptors (Lipinski definition) is 4. The third kappa shape index (κ3) is 3.60. The minimum Gasteiger partial charge on any atom is -0.459 e. The Morgan fingerprint density at radius 2 is 2.29 bits per heavy atom. The zero-order valence-corrected chi connectivity index (χ0v) is 9.84.